The SMILES string of the molecule is C[Si](C)(C)/C=C/C1CCCCC1=O. The lowest BCUT2D eigenvalue weighted by Gasteiger charge is -2.18. The Morgan fingerprint density at radius 1 is 1.31 bits per heavy atom. The first-order chi connectivity index (χ1) is 5.99. The average molecular weight is 196 g/mol. The summed E-state index contributed by atoms with van der Waals surface area (Å²) in [5.41, 5.74) is 2.31. The van der Waals surface area contributed by atoms with E-state index in [9.17, 15) is 4.79 Å². The fourth-order valence-corrected chi connectivity index (χ4v) is 2.43. The average Bonchev–Trinajstić information content (AvgIpc) is 2.01. The van der Waals surface area contributed by atoms with Gasteiger partial charge in [0, 0.05) is 12.3 Å². The number of allylic oxidation sites excluding steroid dienone is 1. The Bertz CT molecular complexity index is 213. The first kappa shape index (κ1) is 10.7. The van der Waals surface area contributed by atoms with Crippen molar-refractivity contribution in [1.82, 2.24) is 0 Å². The predicted octanol–water partition coefficient (Wildman–Crippen LogP) is 3.18. The zero-order chi connectivity index (χ0) is 9.90. The minimum absolute atomic E-state index is 0.250. The summed E-state index contributed by atoms with van der Waals surface area (Å²) in [7, 11) is -1.10. The summed E-state index contributed by atoms with van der Waals surface area (Å²) in [6, 6.07) is 0. The van der Waals surface area contributed by atoms with Crippen LogP contribution < -0.4 is 0 Å². The summed E-state index contributed by atoms with van der Waals surface area (Å²) in [5, 5.41) is 0. The number of ketones is 1. The van der Waals surface area contributed by atoms with E-state index in [1.54, 1.807) is 0 Å². The molecule has 74 valence electrons. The van der Waals surface area contributed by atoms with Crippen molar-refractivity contribution in [2.45, 2.75) is 45.3 Å². The molecule has 0 spiro atoms. The van der Waals surface area contributed by atoms with Crippen molar-refractivity contribution in [2.24, 2.45) is 5.92 Å². The highest BCUT2D eigenvalue weighted by Gasteiger charge is 2.20. The van der Waals surface area contributed by atoms with Crippen molar-refractivity contribution < 1.29 is 4.79 Å². The molecule has 0 aromatic heterocycles. The number of Topliss-reactive ketones (excluding diaryl/α,β-unsaturated/α-hetero) is 1. The zero-order valence-corrected chi connectivity index (χ0v) is 9.97. The van der Waals surface area contributed by atoms with Crippen molar-refractivity contribution >= 4 is 13.9 Å². The smallest absolute Gasteiger partial charge is 0.139 e. The van der Waals surface area contributed by atoms with Crippen LogP contribution in [-0.2, 0) is 4.79 Å². The molecule has 1 aliphatic rings. The molecule has 0 radical (unpaired) electrons. The molecule has 1 unspecified atom stereocenters. The summed E-state index contributed by atoms with van der Waals surface area (Å²) in [5.74, 6) is 0.709. The van der Waals surface area contributed by atoms with Crippen LogP contribution in [0.15, 0.2) is 11.8 Å². The molecule has 0 aliphatic heterocycles. The topological polar surface area (TPSA) is 17.1 Å². The number of hydrogen-bond acceptors (Lipinski definition) is 1. The van der Waals surface area contributed by atoms with Crippen LogP contribution in [0.5, 0.6) is 0 Å². The Kier molecular flexibility index (Phi) is 3.48. The van der Waals surface area contributed by atoms with Crippen molar-refractivity contribution in [1.29, 1.82) is 0 Å². The molecule has 2 heteroatoms. The number of hydrogen-bond donors (Lipinski definition) is 0. The third kappa shape index (κ3) is 3.90. The van der Waals surface area contributed by atoms with Gasteiger partial charge in [0.05, 0.1) is 8.07 Å². The third-order valence-corrected chi connectivity index (χ3v) is 3.62. The summed E-state index contributed by atoms with van der Waals surface area (Å²) in [6.07, 6.45) is 6.40. The molecule has 0 amide bonds. The highest BCUT2D eigenvalue weighted by molar-refractivity contribution is 6.80. The van der Waals surface area contributed by atoms with Crippen LogP contribution in [-0.4, -0.2) is 13.9 Å². The van der Waals surface area contributed by atoms with E-state index in [-0.39, 0.29) is 5.92 Å². The number of carbonyl (C=O) groups is 1. The Morgan fingerprint density at radius 2 is 2.00 bits per heavy atom. The van der Waals surface area contributed by atoms with E-state index < -0.39 is 8.07 Å². The minimum atomic E-state index is -1.10. The van der Waals surface area contributed by atoms with Gasteiger partial charge in [0.2, 0.25) is 0 Å². The lowest BCUT2D eigenvalue weighted by molar-refractivity contribution is -0.122. The van der Waals surface area contributed by atoms with Gasteiger partial charge >= 0.3 is 0 Å². The fourth-order valence-electron chi connectivity index (χ4n) is 1.62. The molecule has 13 heavy (non-hydrogen) atoms. The van der Waals surface area contributed by atoms with E-state index in [1.165, 1.54) is 6.42 Å². The lowest BCUT2D eigenvalue weighted by Crippen LogP contribution is -2.20. The molecule has 1 fully saturated rings. The monoisotopic (exact) mass is 196 g/mol. The maximum atomic E-state index is 11.5. The number of rotatable bonds is 2. The molecular weight excluding hydrogens is 176 g/mol. The second kappa shape index (κ2) is 4.23. The van der Waals surface area contributed by atoms with Gasteiger partial charge in [-0.2, -0.15) is 0 Å². The molecule has 0 N–H and O–H groups in total. The van der Waals surface area contributed by atoms with Crippen molar-refractivity contribution in [2.75, 3.05) is 0 Å². The van der Waals surface area contributed by atoms with Crippen molar-refractivity contribution in [3.8, 4) is 0 Å². The van der Waals surface area contributed by atoms with E-state index in [2.05, 4.69) is 31.4 Å². The molecule has 0 saturated heterocycles. The number of carbonyl (C=O) groups excluding carboxylic acids is 1. The van der Waals surface area contributed by atoms with Gasteiger partial charge < -0.3 is 0 Å². The molecule has 0 bridgehead atoms. The Morgan fingerprint density at radius 3 is 2.54 bits per heavy atom. The van der Waals surface area contributed by atoms with Gasteiger partial charge in [-0.3, -0.25) is 4.79 Å². The molecular formula is C11H20OSi. The molecule has 1 rings (SSSR count). The molecule has 0 aromatic carbocycles. The Labute approximate surface area is 82.2 Å². The van der Waals surface area contributed by atoms with Crippen LogP contribution >= 0.6 is 0 Å². The molecule has 0 heterocycles. The molecule has 1 aliphatic carbocycles. The van der Waals surface area contributed by atoms with Gasteiger partial charge in [0.1, 0.15) is 5.78 Å². The van der Waals surface area contributed by atoms with E-state index in [0.717, 1.165) is 19.3 Å². The maximum absolute atomic E-state index is 11.5. The van der Waals surface area contributed by atoms with Crippen molar-refractivity contribution in [3.05, 3.63) is 11.8 Å². The molecule has 0 aromatic rings. The van der Waals surface area contributed by atoms with Crippen LogP contribution in [0.4, 0.5) is 0 Å². The summed E-state index contributed by atoms with van der Waals surface area (Å²) < 4.78 is 0. The van der Waals surface area contributed by atoms with Crippen LogP contribution in [0.3, 0.4) is 0 Å². The van der Waals surface area contributed by atoms with Crippen LogP contribution in [0.25, 0.3) is 0 Å². The quantitative estimate of drug-likeness (QED) is 0.620. The fraction of sp³-hybridized carbons (Fsp3) is 0.727. The van der Waals surface area contributed by atoms with Gasteiger partial charge in [-0.25, -0.2) is 0 Å². The van der Waals surface area contributed by atoms with Gasteiger partial charge in [-0.15, -0.1) is 0 Å². The second-order valence-corrected chi connectivity index (χ2v) is 10.1. The van der Waals surface area contributed by atoms with E-state index in [1.807, 2.05) is 0 Å². The summed E-state index contributed by atoms with van der Waals surface area (Å²) in [6.45, 7) is 6.91. The highest BCUT2D eigenvalue weighted by atomic mass is 28.3. The van der Waals surface area contributed by atoms with Gasteiger partial charge in [0.15, 0.2) is 0 Å². The van der Waals surface area contributed by atoms with Crippen LogP contribution in [0, 0.1) is 5.92 Å². The van der Waals surface area contributed by atoms with E-state index in [0.29, 0.717) is 5.78 Å². The van der Waals surface area contributed by atoms with Gasteiger partial charge in [0.25, 0.3) is 0 Å². The highest BCUT2D eigenvalue weighted by Crippen LogP contribution is 2.22. The van der Waals surface area contributed by atoms with Gasteiger partial charge in [-0.05, 0) is 12.8 Å². The lowest BCUT2D eigenvalue weighted by atomic mass is 9.88. The minimum Gasteiger partial charge on any atom is -0.299 e. The van der Waals surface area contributed by atoms with Crippen LogP contribution in [0.2, 0.25) is 19.6 Å². The largest absolute Gasteiger partial charge is 0.299 e. The summed E-state index contributed by atoms with van der Waals surface area (Å²) >= 11 is 0. The molecule has 1 nitrogen and oxygen atoms in total. The normalized spacial score (nSPS) is 25.5. The Hall–Kier alpha value is -0.373. The standard InChI is InChI=1S/C11H20OSi/c1-13(2,3)9-8-10-6-4-5-7-11(10)12/h8-10H,4-7H2,1-3H3/b9-8+. The predicted molar refractivity (Wildman–Crippen MR) is 59.5 cm³/mol. The first-order valence-corrected chi connectivity index (χ1v) is 8.79. The van der Waals surface area contributed by atoms with E-state index in [4.69, 9.17) is 0 Å². The third-order valence-electron chi connectivity index (χ3n) is 2.43. The van der Waals surface area contributed by atoms with E-state index >= 15 is 0 Å². The van der Waals surface area contributed by atoms with Crippen molar-refractivity contribution in [3.63, 3.8) is 0 Å². The van der Waals surface area contributed by atoms with Gasteiger partial charge in [-0.1, -0.05) is 37.8 Å². The molecule has 1 saturated carbocycles. The maximum Gasteiger partial charge on any atom is 0.139 e. The first-order valence-electron chi connectivity index (χ1n) is 5.21. The summed E-state index contributed by atoms with van der Waals surface area (Å²) in [4.78, 5) is 11.5. The second-order valence-electron chi connectivity index (χ2n) is 5.04. The Balaban J connectivity index is 2.52. The molecule has 1 atom stereocenters. The van der Waals surface area contributed by atoms with Crippen LogP contribution in [0.1, 0.15) is 25.7 Å². The zero-order valence-electron chi connectivity index (χ0n) is 8.97.